The second-order valence-electron chi connectivity index (χ2n) is 3.86. The summed E-state index contributed by atoms with van der Waals surface area (Å²) in [6.45, 7) is 0.971. The van der Waals surface area contributed by atoms with Crippen LogP contribution in [0.2, 0.25) is 5.02 Å². The number of carbonyl (C=O) groups is 1. The number of thiophene rings is 1. The molecule has 100 valence electrons. The van der Waals surface area contributed by atoms with Crippen LogP contribution in [0, 0.1) is 0 Å². The maximum absolute atomic E-state index is 11.3. The quantitative estimate of drug-likeness (QED) is 0.506. The summed E-state index contributed by atoms with van der Waals surface area (Å²) in [6.07, 6.45) is 0. The van der Waals surface area contributed by atoms with Gasteiger partial charge in [0.05, 0.1) is 18.1 Å². The van der Waals surface area contributed by atoms with E-state index in [0.29, 0.717) is 23.1 Å². The molecule has 4 nitrogen and oxygen atoms in total. The number of hydrogen-bond donors (Lipinski definition) is 2. The monoisotopic (exact) mass is 296 g/mol. The first kappa shape index (κ1) is 14.0. The lowest BCUT2D eigenvalue weighted by Crippen LogP contribution is -2.29. The van der Waals surface area contributed by atoms with Gasteiger partial charge in [-0.1, -0.05) is 23.7 Å². The van der Waals surface area contributed by atoms with Crippen LogP contribution >= 0.6 is 22.9 Å². The average molecular weight is 297 g/mol. The zero-order valence-electron chi connectivity index (χ0n) is 10.1. The number of hydrazine groups is 1. The van der Waals surface area contributed by atoms with Crippen LogP contribution in [0.5, 0.6) is 0 Å². The molecule has 0 unspecified atom stereocenters. The predicted molar refractivity (Wildman–Crippen MR) is 75.9 cm³/mol. The first-order chi connectivity index (χ1) is 9.19. The van der Waals surface area contributed by atoms with E-state index in [1.54, 1.807) is 6.07 Å². The number of nitrogens with two attached hydrogens (primary N) is 1. The van der Waals surface area contributed by atoms with E-state index < -0.39 is 0 Å². The smallest absolute Gasteiger partial charge is 0.275 e. The summed E-state index contributed by atoms with van der Waals surface area (Å²) in [6, 6.07) is 11.1. The lowest BCUT2D eigenvalue weighted by molar-refractivity contribution is 0.0957. The van der Waals surface area contributed by atoms with Crippen molar-refractivity contribution in [2.45, 2.75) is 13.2 Å². The molecule has 1 amide bonds. The Labute approximate surface area is 120 Å². The first-order valence-corrected chi connectivity index (χ1v) is 6.80. The topological polar surface area (TPSA) is 64.3 Å². The maximum atomic E-state index is 11.3. The number of ether oxygens (including phenoxy) is 1. The van der Waals surface area contributed by atoms with Gasteiger partial charge in [-0.2, -0.15) is 0 Å². The van der Waals surface area contributed by atoms with Crippen molar-refractivity contribution in [3.8, 4) is 0 Å². The second-order valence-corrected chi connectivity index (χ2v) is 5.46. The molecule has 0 aliphatic rings. The summed E-state index contributed by atoms with van der Waals surface area (Å²) < 4.78 is 5.58. The number of carbonyl (C=O) groups excluding carboxylic acids is 1. The Kier molecular flexibility index (Phi) is 4.93. The van der Waals surface area contributed by atoms with Crippen LogP contribution in [0.4, 0.5) is 0 Å². The van der Waals surface area contributed by atoms with Crippen molar-refractivity contribution in [3.05, 3.63) is 56.7 Å². The maximum Gasteiger partial charge on any atom is 0.275 e. The summed E-state index contributed by atoms with van der Waals surface area (Å²) >= 11 is 7.17. The van der Waals surface area contributed by atoms with E-state index in [2.05, 4.69) is 5.43 Å². The highest BCUT2D eigenvalue weighted by Gasteiger charge is 2.07. The Bertz CT molecular complexity index is 554. The van der Waals surface area contributed by atoms with Gasteiger partial charge in [-0.3, -0.25) is 10.2 Å². The van der Waals surface area contributed by atoms with Crippen LogP contribution in [-0.2, 0) is 18.0 Å². The van der Waals surface area contributed by atoms with Crippen LogP contribution in [0.3, 0.4) is 0 Å². The van der Waals surface area contributed by atoms with E-state index in [4.69, 9.17) is 22.2 Å². The summed E-state index contributed by atoms with van der Waals surface area (Å²) in [5.41, 5.74) is 3.16. The zero-order chi connectivity index (χ0) is 13.7. The Morgan fingerprint density at radius 1 is 1.21 bits per heavy atom. The molecule has 0 spiro atoms. The van der Waals surface area contributed by atoms with Crippen LogP contribution in [0.15, 0.2) is 36.4 Å². The predicted octanol–water partition coefficient (Wildman–Crippen LogP) is 2.72. The van der Waals surface area contributed by atoms with Crippen molar-refractivity contribution in [3.63, 3.8) is 0 Å². The van der Waals surface area contributed by atoms with E-state index in [9.17, 15) is 4.79 Å². The number of amides is 1. The molecule has 0 fully saturated rings. The molecule has 0 aliphatic carbocycles. The largest absolute Gasteiger partial charge is 0.371 e. The zero-order valence-corrected chi connectivity index (χ0v) is 11.6. The van der Waals surface area contributed by atoms with E-state index in [1.807, 2.05) is 30.3 Å². The fourth-order valence-corrected chi connectivity index (χ4v) is 2.47. The number of nitrogen functional groups attached to an aromatic ring is 1. The number of rotatable bonds is 5. The fourth-order valence-electron chi connectivity index (χ4n) is 1.50. The molecule has 0 atom stereocenters. The van der Waals surface area contributed by atoms with Crippen molar-refractivity contribution in [1.82, 2.24) is 5.43 Å². The van der Waals surface area contributed by atoms with Crippen molar-refractivity contribution < 1.29 is 9.53 Å². The average Bonchev–Trinajstić information content (AvgIpc) is 2.89. The highest BCUT2D eigenvalue weighted by molar-refractivity contribution is 7.14. The van der Waals surface area contributed by atoms with Crippen LogP contribution < -0.4 is 11.3 Å². The van der Waals surface area contributed by atoms with Gasteiger partial charge in [0.2, 0.25) is 0 Å². The van der Waals surface area contributed by atoms with Gasteiger partial charge in [-0.15, -0.1) is 11.3 Å². The van der Waals surface area contributed by atoms with E-state index in [1.165, 1.54) is 11.3 Å². The van der Waals surface area contributed by atoms with Gasteiger partial charge in [-0.05, 0) is 29.8 Å². The Morgan fingerprint density at radius 3 is 2.63 bits per heavy atom. The van der Waals surface area contributed by atoms with E-state index in [-0.39, 0.29) is 5.91 Å². The molecule has 0 saturated heterocycles. The molecule has 0 aliphatic heterocycles. The number of benzene rings is 1. The normalized spacial score (nSPS) is 10.4. The van der Waals surface area contributed by atoms with Crippen molar-refractivity contribution in [1.29, 1.82) is 0 Å². The third-order valence-corrected chi connectivity index (χ3v) is 3.75. The Balaban J connectivity index is 1.84. The summed E-state index contributed by atoms with van der Waals surface area (Å²) in [7, 11) is 0. The third kappa shape index (κ3) is 4.04. The van der Waals surface area contributed by atoms with Gasteiger partial charge in [0.1, 0.15) is 0 Å². The lowest BCUT2D eigenvalue weighted by atomic mass is 10.2. The highest BCUT2D eigenvalue weighted by atomic mass is 35.5. The molecule has 1 heterocycles. The molecule has 0 radical (unpaired) electrons. The molecular weight excluding hydrogens is 284 g/mol. The SMILES string of the molecule is NNC(=O)c1ccc(COCc2ccc(Cl)cc2)s1. The van der Waals surface area contributed by atoms with Crippen molar-refractivity contribution >= 4 is 28.8 Å². The minimum Gasteiger partial charge on any atom is -0.371 e. The van der Waals surface area contributed by atoms with Crippen LogP contribution in [0.25, 0.3) is 0 Å². The highest BCUT2D eigenvalue weighted by Crippen LogP contribution is 2.18. The minimum atomic E-state index is -0.283. The third-order valence-electron chi connectivity index (χ3n) is 2.44. The number of hydrogen-bond acceptors (Lipinski definition) is 4. The molecular formula is C13H13ClN2O2S. The van der Waals surface area contributed by atoms with Gasteiger partial charge in [0.25, 0.3) is 5.91 Å². The Hall–Kier alpha value is -1.40. The summed E-state index contributed by atoms with van der Waals surface area (Å²) in [4.78, 5) is 12.8. The molecule has 0 saturated carbocycles. The summed E-state index contributed by atoms with van der Waals surface area (Å²) in [5.74, 6) is 4.78. The molecule has 2 rings (SSSR count). The molecule has 3 N–H and O–H groups in total. The van der Waals surface area contributed by atoms with Gasteiger partial charge >= 0.3 is 0 Å². The molecule has 19 heavy (non-hydrogen) atoms. The van der Waals surface area contributed by atoms with Gasteiger partial charge in [-0.25, -0.2) is 5.84 Å². The van der Waals surface area contributed by atoms with Gasteiger partial charge < -0.3 is 4.74 Å². The standard InChI is InChI=1S/C13H13ClN2O2S/c14-10-3-1-9(2-4-10)7-18-8-11-5-6-12(19-11)13(17)16-15/h1-6H,7-8,15H2,(H,16,17). The Morgan fingerprint density at radius 2 is 1.95 bits per heavy atom. The fraction of sp³-hybridized carbons (Fsp3) is 0.154. The molecule has 0 bridgehead atoms. The first-order valence-electron chi connectivity index (χ1n) is 5.61. The molecule has 1 aromatic carbocycles. The number of halogens is 1. The van der Waals surface area contributed by atoms with Gasteiger partial charge in [0.15, 0.2) is 0 Å². The van der Waals surface area contributed by atoms with Crippen LogP contribution in [0.1, 0.15) is 20.1 Å². The van der Waals surface area contributed by atoms with Crippen molar-refractivity contribution in [2.24, 2.45) is 5.84 Å². The van der Waals surface area contributed by atoms with E-state index >= 15 is 0 Å². The molecule has 6 heteroatoms. The minimum absolute atomic E-state index is 0.283. The molecule has 1 aromatic heterocycles. The van der Waals surface area contributed by atoms with Crippen LogP contribution in [-0.4, -0.2) is 5.91 Å². The van der Waals surface area contributed by atoms with Gasteiger partial charge in [0, 0.05) is 9.90 Å². The van der Waals surface area contributed by atoms with E-state index in [0.717, 1.165) is 10.4 Å². The van der Waals surface area contributed by atoms with Crippen molar-refractivity contribution in [2.75, 3.05) is 0 Å². The second kappa shape index (κ2) is 6.68. The molecule has 2 aromatic rings. The number of nitrogens with one attached hydrogen (secondary N) is 1. The lowest BCUT2D eigenvalue weighted by Gasteiger charge is -2.02. The summed E-state index contributed by atoms with van der Waals surface area (Å²) in [5, 5.41) is 0.708.